The summed E-state index contributed by atoms with van der Waals surface area (Å²) in [7, 11) is -2.32. The van der Waals surface area contributed by atoms with E-state index in [1.807, 2.05) is 12.1 Å². The van der Waals surface area contributed by atoms with Crippen molar-refractivity contribution < 1.29 is 14.2 Å². The van der Waals surface area contributed by atoms with Crippen molar-refractivity contribution in [3.05, 3.63) is 24.3 Å². The summed E-state index contributed by atoms with van der Waals surface area (Å²) in [4.78, 5) is 2.09. The number of hydrogen-bond donors (Lipinski definition) is 3. The SMILES string of the molecule is Oc1ccc(N2CCS(O)(O)CC2)cc1. The van der Waals surface area contributed by atoms with Gasteiger partial charge in [-0.3, -0.25) is 9.11 Å². The summed E-state index contributed by atoms with van der Waals surface area (Å²) in [5, 5.41) is 9.14. The van der Waals surface area contributed by atoms with E-state index in [1.165, 1.54) is 0 Å². The largest absolute Gasteiger partial charge is 0.508 e. The first-order valence-electron chi connectivity index (χ1n) is 4.84. The van der Waals surface area contributed by atoms with Gasteiger partial charge in [0.15, 0.2) is 0 Å². The molecular weight excluding hydrogens is 214 g/mol. The van der Waals surface area contributed by atoms with Crippen molar-refractivity contribution in [3.63, 3.8) is 0 Å². The third-order valence-electron chi connectivity index (χ3n) is 2.59. The summed E-state index contributed by atoms with van der Waals surface area (Å²) in [6.45, 7) is 1.32. The fourth-order valence-electron chi connectivity index (χ4n) is 1.65. The van der Waals surface area contributed by atoms with Crippen LogP contribution in [0.3, 0.4) is 0 Å². The standard InChI is InChI=1S/C10H15NO3S/c12-10-3-1-9(2-4-10)11-5-7-15(13,14)8-6-11/h1-4,12-14H,5-8H2. The Hall–Kier alpha value is -0.910. The molecule has 4 nitrogen and oxygen atoms in total. The minimum absolute atomic E-state index is 0.250. The Morgan fingerprint density at radius 1 is 1.00 bits per heavy atom. The van der Waals surface area contributed by atoms with Gasteiger partial charge < -0.3 is 10.0 Å². The van der Waals surface area contributed by atoms with Gasteiger partial charge in [-0.15, -0.1) is 0 Å². The summed E-state index contributed by atoms with van der Waals surface area (Å²) < 4.78 is 18.9. The highest BCUT2D eigenvalue weighted by atomic mass is 32.3. The smallest absolute Gasteiger partial charge is 0.115 e. The van der Waals surface area contributed by atoms with E-state index < -0.39 is 10.6 Å². The van der Waals surface area contributed by atoms with Crippen molar-refractivity contribution in [2.45, 2.75) is 0 Å². The van der Waals surface area contributed by atoms with Crippen LogP contribution in [-0.4, -0.2) is 38.8 Å². The number of hydrogen-bond acceptors (Lipinski definition) is 4. The number of phenols is 1. The second kappa shape index (κ2) is 3.92. The van der Waals surface area contributed by atoms with Gasteiger partial charge in [0.05, 0.1) is 11.5 Å². The van der Waals surface area contributed by atoms with Crippen molar-refractivity contribution in [2.75, 3.05) is 29.5 Å². The first kappa shape index (κ1) is 10.6. The van der Waals surface area contributed by atoms with E-state index >= 15 is 0 Å². The molecule has 1 heterocycles. The summed E-state index contributed by atoms with van der Waals surface area (Å²) in [6, 6.07) is 6.96. The minimum atomic E-state index is -2.32. The molecule has 1 aliphatic heterocycles. The van der Waals surface area contributed by atoms with Crippen LogP contribution in [0.2, 0.25) is 0 Å². The molecule has 0 bridgehead atoms. The lowest BCUT2D eigenvalue weighted by Gasteiger charge is -2.41. The van der Waals surface area contributed by atoms with Gasteiger partial charge in [0.1, 0.15) is 5.75 Å². The Balaban J connectivity index is 2.04. The van der Waals surface area contributed by atoms with Crippen LogP contribution in [0.1, 0.15) is 0 Å². The topological polar surface area (TPSA) is 63.9 Å². The Bertz CT molecular complexity index is 329. The zero-order valence-corrected chi connectivity index (χ0v) is 9.15. The first-order chi connectivity index (χ1) is 7.07. The zero-order valence-electron chi connectivity index (χ0n) is 8.33. The molecule has 0 radical (unpaired) electrons. The van der Waals surface area contributed by atoms with E-state index in [9.17, 15) is 9.11 Å². The van der Waals surface area contributed by atoms with Gasteiger partial charge in [-0.05, 0) is 24.3 Å². The lowest BCUT2D eigenvalue weighted by Crippen LogP contribution is -2.38. The van der Waals surface area contributed by atoms with Crippen LogP contribution in [0.15, 0.2) is 24.3 Å². The number of anilines is 1. The molecule has 15 heavy (non-hydrogen) atoms. The molecule has 1 saturated heterocycles. The molecule has 84 valence electrons. The molecule has 1 aliphatic rings. The molecule has 0 saturated carbocycles. The number of rotatable bonds is 1. The van der Waals surface area contributed by atoms with Gasteiger partial charge >= 0.3 is 0 Å². The molecule has 1 fully saturated rings. The normalized spacial score (nSPS) is 22.4. The van der Waals surface area contributed by atoms with Gasteiger partial charge in [-0.25, -0.2) is 0 Å². The van der Waals surface area contributed by atoms with Gasteiger partial charge in [-0.1, -0.05) is 0 Å². The molecule has 0 atom stereocenters. The highest BCUT2D eigenvalue weighted by Gasteiger charge is 2.22. The lowest BCUT2D eigenvalue weighted by molar-refractivity contribution is 0.474. The van der Waals surface area contributed by atoms with E-state index in [0.29, 0.717) is 24.6 Å². The van der Waals surface area contributed by atoms with Crippen molar-refractivity contribution in [1.29, 1.82) is 0 Å². The highest BCUT2D eigenvalue weighted by molar-refractivity contribution is 8.24. The van der Waals surface area contributed by atoms with Gasteiger partial charge in [-0.2, -0.15) is 10.6 Å². The maximum absolute atomic E-state index is 9.46. The minimum Gasteiger partial charge on any atom is -0.508 e. The van der Waals surface area contributed by atoms with Gasteiger partial charge in [0, 0.05) is 18.8 Å². The third kappa shape index (κ3) is 2.56. The summed E-state index contributed by atoms with van der Waals surface area (Å²) >= 11 is 0. The van der Waals surface area contributed by atoms with E-state index in [-0.39, 0.29) is 5.75 Å². The van der Waals surface area contributed by atoms with Crippen molar-refractivity contribution in [1.82, 2.24) is 0 Å². The molecular formula is C10H15NO3S. The average molecular weight is 229 g/mol. The maximum atomic E-state index is 9.46. The van der Waals surface area contributed by atoms with E-state index in [2.05, 4.69) is 4.90 Å². The molecule has 2 rings (SSSR count). The van der Waals surface area contributed by atoms with Crippen LogP contribution in [-0.2, 0) is 0 Å². The fourth-order valence-corrected chi connectivity index (χ4v) is 2.88. The summed E-state index contributed by atoms with van der Waals surface area (Å²) in [6.07, 6.45) is 0. The second-order valence-corrected chi connectivity index (χ2v) is 6.13. The summed E-state index contributed by atoms with van der Waals surface area (Å²) in [5.74, 6) is 1.13. The molecule has 1 aromatic carbocycles. The van der Waals surface area contributed by atoms with Crippen LogP contribution in [0.4, 0.5) is 5.69 Å². The lowest BCUT2D eigenvalue weighted by atomic mass is 10.2. The monoisotopic (exact) mass is 229 g/mol. The predicted octanol–water partition coefficient (Wildman–Crippen LogP) is 1.96. The van der Waals surface area contributed by atoms with Crippen LogP contribution < -0.4 is 4.90 Å². The quantitative estimate of drug-likeness (QED) is 0.689. The van der Waals surface area contributed by atoms with Crippen LogP contribution in [0.25, 0.3) is 0 Å². The first-order valence-corrected chi connectivity index (χ1v) is 6.73. The second-order valence-electron chi connectivity index (χ2n) is 3.71. The van der Waals surface area contributed by atoms with Crippen molar-refractivity contribution in [2.24, 2.45) is 0 Å². The van der Waals surface area contributed by atoms with Crippen LogP contribution in [0.5, 0.6) is 5.75 Å². The van der Waals surface area contributed by atoms with E-state index in [0.717, 1.165) is 5.69 Å². The molecule has 5 heteroatoms. The summed E-state index contributed by atoms with van der Waals surface area (Å²) in [5.41, 5.74) is 1.02. The van der Waals surface area contributed by atoms with Crippen LogP contribution >= 0.6 is 10.6 Å². The van der Waals surface area contributed by atoms with E-state index in [4.69, 9.17) is 5.11 Å². The Morgan fingerprint density at radius 3 is 2.07 bits per heavy atom. The Morgan fingerprint density at radius 2 is 1.53 bits per heavy atom. The third-order valence-corrected chi connectivity index (χ3v) is 4.26. The van der Waals surface area contributed by atoms with Crippen molar-refractivity contribution >= 4 is 16.3 Å². The van der Waals surface area contributed by atoms with Crippen LogP contribution in [0, 0.1) is 0 Å². The predicted molar refractivity (Wildman–Crippen MR) is 62.9 cm³/mol. The average Bonchev–Trinajstić information content (AvgIpc) is 2.20. The van der Waals surface area contributed by atoms with Gasteiger partial charge in [0.2, 0.25) is 0 Å². The van der Waals surface area contributed by atoms with Crippen molar-refractivity contribution in [3.8, 4) is 5.75 Å². The molecule has 3 N–H and O–H groups in total. The number of nitrogens with zero attached hydrogens (tertiary/aromatic N) is 1. The Kier molecular flexibility index (Phi) is 2.77. The van der Waals surface area contributed by atoms with E-state index in [1.54, 1.807) is 12.1 Å². The van der Waals surface area contributed by atoms with Gasteiger partial charge in [0.25, 0.3) is 0 Å². The number of phenolic OH excluding ortho intramolecular Hbond substituents is 1. The fraction of sp³-hybridized carbons (Fsp3) is 0.400. The number of aromatic hydroxyl groups is 1. The maximum Gasteiger partial charge on any atom is 0.115 e. The molecule has 1 aromatic rings. The zero-order chi connectivity index (χ0) is 10.9. The molecule has 0 amide bonds. The molecule has 0 aliphatic carbocycles. The highest BCUT2D eigenvalue weighted by Crippen LogP contribution is 2.41. The molecule has 0 unspecified atom stereocenters. The Labute approximate surface area is 90.5 Å². The molecule has 0 spiro atoms. The number of benzene rings is 1. The molecule has 0 aromatic heterocycles.